The number of carbonyl (C=O) groups excluding carboxylic acids is 2. The van der Waals surface area contributed by atoms with E-state index < -0.39 is 65.0 Å². The van der Waals surface area contributed by atoms with E-state index in [-0.39, 0.29) is 52.6 Å². The summed E-state index contributed by atoms with van der Waals surface area (Å²) < 4.78 is 51.1. The van der Waals surface area contributed by atoms with Crippen molar-refractivity contribution < 1.29 is 52.0 Å². The Kier molecular flexibility index (Phi) is 16.7. The number of rotatable bonds is 17. The predicted molar refractivity (Wildman–Crippen MR) is 223 cm³/mol. The van der Waals surface area contributed by atoms with Crippen molar-refractivity contribution >= 4 is 28.6 Å². The number of nitrogens with two attached hydrogens (primary N) is 1. The van der Waals surface area contributed by atoms with Crippen molar-refractivity contribution in [1.82, 2.24) is 0 Å². The molecule has 3 rings (SSSR count). The molecule has 0 bridgehead atoms. The summed E-state index contributed by atoms with van der Waals surface area (Å²) >= 11 is 0. The summed E-state index contributed by atoms with van der Waals surface area (Å²) in [6.07, 6.45) is -1.28. The lowest BCUT2D eigenvalue weighted by molar-refractivity contribution is -0.308. The fourth-order valence-corrected chi connectivity index (χ4v) is 9.59. The van der Waals surface area contributed by atoms with Crippen molar-refractivity contribution in [3.8, 4) is 0 Å². The average Bonchev–Trinajstić information content (AvgIpc) is 3.05. The number of ether oxygens (including phenoxy) is 6. The van der Waals surface area contributed by atoms with Crippen LogP contribution in [-0.4, -0.2) is 115 Å². The van der Waals surface area contributed by atoms with Gasteiger partial charge in [-0.2, -0.15) is 0 Å². The van der Waals surface area contributed by atoms with Crippen molar-refractivity contribution in [1.29, 1.82) is 0 Å². The molecule has 3 saturated heterocycles. The van der Waals surface area contributed by atoms with E-state index in [9.17, 15) is 14.7 Å². The van der Waals surface area contributed by atoms with E-state index in [0.29, 0.717) is 57.5 Å². The van der Waals surface area contributed by atoms with Gasteiger partial charge in [0, 0.05) is 51.6 Å². The highest BCUT2D eigenvalue weighted by Gasteiger charge is 2.54. The van der Waals surface area contributed by atoms with Crippen molar-refractivity contribution in [2.24, 2.45) is 17.1 Å². The molecule has 56 heavy (non-hydrogen) atoms. The van der Waals surface area contributed by atoms with Crippen LogP contribution in [0.2, 0.25) is 36.3 Å². The molecule has 2 unspecified atom stereocenters. The summed E-state index contributed by atoms with van der Waals surface area (Å²) in [4.78, 5) is 23.9. The number of esters is 2. The Labute approximate surface area is 340 Å². The minimum atomic E-state index is -2.23. The normalized spacial score (nSPS) is 29.5. The molecule has 326 valence electrons. The lowest BCUT2D eigenvalue weighted by Crippen LogP contribution is -2.68. The monoisotopic (exact) mass is 830 g/mol. The molecular formula is C42H79NO11Si2. The molecule has 3 aliphatic heterocycles. The van der Waals surface area contributed by atoms with Crippen LogP contribution < -0.4 is 5.73 Å². The molecule has 0 spiro atoms. The molecule has 3 heterocycles. The zero-order chi connectivity index (χ0) is 42.7. The number of fused-ring (bicyclic) bond motifs is 1. The molecule has 0 aliphatic carbocycles. The van der Waals surface area contributed by atoms with Gasteiger partial charge in [0.15, 0.2) is 22.4 Å². The van der Waals surface area contributed by atoms with Gasteiger partial charge in [0.05, 0.1) is 56.4 Å². The highest BCUT2D eigenvalue weighted by Crippen LogP contribution is 2.44. The first-order valence-electron chi connectivity index (χ1n) is 20.8. The van der Waals surface area contributed by atoms with Crippen LogP contribution in [0, 0.1) is 11.3 Å². The Morgan fingerprint density at radius 1 is 0.929 bits per heavy atom. The quantitative estimate of drug-likeness (QED) is 0.0649. The van der Waals surface area contributed by atoms with E-state index in [0.717, 1.165) is 0 Å². The summed E-state index contributed by atoms with van der Waals surface area (Å²) in [5, 5.41) is 11.8. The third-order valence-electron chi connectivity index (χ3n) is 12.9. The van der Waals surface area contributed by atoms with E-state index >= 15 is 0 Å². The van der Waals surface area contributed by atoms with Gasteiger partial charge < -0.3 is 48.1 Å². The largest absolute Gasteiger partial charge is 0.466 e. The standard InChI is InChI=1S/C42H79NO11Si2/c1-27(24-42(19-17-20-47-29(3)44)48-25-41(11,12)26-49-42)28(2)31(46)22-34-37(51-30(4)45)36(43)38-35(52-34)23-33(54-56(15,16)40(8,9)10)32(53-38)18-21-50-55(13,14)39(5,6)7/h27,31-38,46H,2,17-26,43H2,1,3-16H3/t27-,31-,32-,33?,34?,35+,36-,37+,38-/m1/s1. The Morgan fingerprint density at radius 2 is 1.52 bits per heavy atom. The maximum atomic E-state index is 12.5. The summed E-state index contributed by atoms with van der Waals surface area (Å²) in [6.45, 7) is 37.4. The van der Waals surface area contributed by atoms with Gasteiger partial charge >= 0.3 is 11.9 Å². The number of hydrogen-bond donors (Lipinski definition) is 2. The van der Waals surface area contributed by atoms with Crippen LogP contribution in [0.3, 0.4) is 0 Å². The summed E-state index contributed by atoms with van der Waals surface area (Å²) in [7, 11) is -4.23. The minimum Gasteiger partial charge on any atom is -0.466 e. The van der Waals surface area contributed by atoms with Crippen molar-refractivity contribution in [3.05, 3.63) is 12.2 Å². The molecule has 14 heteroatoms. The number of aliphatic hydroxyl groups is 1. The van der Waals surface area contributed by atoms with Crippen LogP contribution in [0.25, 0.3) is 0 Å². The highest BCUT2D eigenvalue weighted by atomic mass is 28.4. The summed E-state index contributed by atoms with van der Waals surface area (Å²) in [5.41, 5.74) is 7.42. The van der Waals surface area contributed by atoms with Crippen LogP contribution in [-0.2, 0) is 46.9 Å². The van der Waals surface area contributed by atoms with Gasteiger partial charge in [0.25, 0.3) is 0 Å². The lowest BCUT2D eigenvalue weighted by Gasteiger charge is -2.52. The molecule has 0 amide bonds. The van der Waals surface area contributed by atoms with Crippen LogP contribution >= 0.6 is 0 Å². The number of carbonyl (C=O) groups is 2. The third-order valence-corrected chi connectivity index (χ3v) is 21.9. The predicted octanol–water partition coefficient (Wildman–Crippen LogP) is 7.42. The fraction of sp³-hybridized carbons (Fsp3) is 0.905. The topological polar surface area (TPSA) is 154 Å². The van der Waals surface area contributed by atoms with Gasteiger partial charge in [-0.1, -0.05) is 68.9 Å². The molecule has 0 aromatic heterocycles. The third kappa shape index (κ3) is 13.1. The maximum Gasteiger partial charge on any atom is 0.303 e. The smallest absolute Gasteiger partial charge is 0.303 e. The Hall–Kier alpha value is -1.21. The number of hydrogen-bond acceptors (Lipinski definition) is 12. The Balaban J connectivity index is 1.81. The SMILES string of the molecule is C=C([C@H](C)CC1(CCCOC(C)=O)OCC(C)(C)CO1)[C@H](O)CC1O[C@H]2CC(O[Si](C)(C)C(C)(C)C)[C@@H](CCO[Si](C)(C)C(C)(C)C)O[C@H]2[C@H](N)[C@H]1OC(C)=O. The molecule has 0 saturated carbocycles. The second-order valence-electron chi connectivity index (χ2n) is 20.6. The molecule has 3 N–H and O–H groups in total. The van der Waals surface area contributed by atoms with Crippen LogP contribution in [0.4, 0.5) is 0 Å². The highest BCUT2D eigenvalue weighted by molar-refractivity contribution is 6.74. The van der Waals surface area contributed by atoms with Gasteiger partial charge in [0.2, 0.25) is 0 Å². The Morgan fingerprint density at radius 3 is 2.05 bits per heavy atom. The molecule has 0 aromatic rings. The molecule has 12 nitrogen and oxygen atoms in total. The van der Waals surface area contributed by atoms with Crippen LogP contribution in [0.1, 0.15) is 115 Å². The van der Waals surface area contributed by atoms with Crippen molar-refractivity contribution in [3.63, 3.8) is 0 Å². The van der Waals surface area contributed by atoms with E-state index in [1.807, 2.05) is 6.92 Å². The molecule has 0 aromatic carbocycles. The van der Waals surface area contributed by atoms with Crippen LogP contribution in [0.15, 0.2) is 12.2 Å². The maximum absolute atomic E-state index is 12.5. The molecular weight excluding hydrogens is 751 g/mol. The van der Waals surface area contributed by atoms with E-state index in [4.69, 9.17) is 43.0 Å². The lowest BCUT2D eigenvalue weighted by atomic mass is 9.82. The molecule has 0 radical (unpaired) electrons. The first-order chi connectivity index (χ1) is 25.5. The van der Waals surface area contributed by atoms with Gasteiger partial charge in [0.1, 0.15) is 12.2 Å². The second-order valence-corrected chi connectivity index (χ2v) is 30.1. The first-order valence-corrected chi connectivity index (χ1v) is 26.6. The minimum absolute atomic E-state index is 0.0230. The average molecular weight is 830 g/mol. The molecule has 3 fully saturated rings. The fourth-order valence-electron chi connectivity index (χ4n) is 7.17. The second kappa shape index (κ2) is 19.0. The summed E-state index contributed by atoms with van der Waals surface area (Å²) in [6, 6.07) is -0.703. The van der Waals surface area contributed by atoms with Gasteiger partial charge in [-0.25, -0.2) is 0 Å². The first kappa shape index (κ1) is 49.2. The van der Waals surface area contributed by atoms with E-state index in [1.165, 1.54) is 13.8 Å². The summed E-state index contributed by atoms with van der Waals surface area (Å²) in [5.74, 6) is -1.95. The van der Waals surface area contributed by atoms with Crippen molar-refractivity contribution in [2.75, 3.05) is 26.4 Å². The van der Waals surface area contributed by atoms with Gasteiger partial charge in [-0.15, -0.1) is 0 Å². The number of aliphatic hydroxyl groups excluding tert-OH is 1. The van der Waals surface area contributed by atoms with E-state index in [1.54, 1.807) is 0 Å². The van der Waals surface area contributed by atoms with Gasteiger partial charge in [-0.05, 0) is 60.6 Å². The zero-order valence-electron chi connectivity index (χ0n) is 37.6. The zero-order valence-corrected chi connectivity index (χ0v) is 39.6. The van der Waals surface area contributed by atoms with Gasteiger partial charge in [-0.3, -0.25) is 9.59 Å². The molecule has 9 atom stereocenters. The Bertz CT molecular complexity index is 1320. The van der Waals surface area contributed by atoms with Crippen molar-refractivity contribution in [2.45, 2.75) is 206 Å². The molecule has 3 aliphatic rings. The van der Waals surface area contributed by atoms with E-state index in [2.05, 4.69) is 88.2 Å². The van der Waals surface area contributed by atoms with Crippen LogP contribution in [0.5, 0.6) is 0 Å².